The van der Waals surface area contributed by atoms with E-state index in [1.54, 1.807) is 0 Å². The fourth-order valence-corrected chi connectivity index (χ4v) is 3.13. The molecule has 1 atom stereocenters. The van der Waals surface area contributed by atoms with Crippen LogP contribution in [0.15, 0.2) is 24.3 Å². The second kappa shape index (κ2) is 4.21. The van der Waals surface area contributed by atoms with Gasteiger partial charge in [-0.3, -0.25) is 0 Å². The molecular weight excluding hydrogens is 196 g/mol. The van der Waals surface area contributed by atoms with Crippen LogP contribution in [0.3, 0.4) is 0 Å². The highest BCUT2D eigenvalue weighted by molar-refractivity contribution is 5.32. The average Bonchev–Trinajstić information content (AvgIpc) is 2.66. The van der Waals surface area contributed by atoms with Crippen molar-refractivity contribution in [1.82, 2.24) is 0 Å². The number of aliphatic hydroxyl groups excluding tert-OH is 1. The van der Waals surface area contributed by atoms with Crippen LogP contribution in [0.4, 0.5) is 0 Å². The lowest BCUT2D eigenvalue weighted by Crippen LogP contribution is -2.26. The minimum Gasteiger partial charge on any atom is -0.393 e. The molecule has 1 N–H and O–H groups in total. The molecule has 1 aromatic carbocycles. The molecule has 2 aliphatic carbocycles. The standard InChI is InChI=1S/C15H20O/c16-15(8-11-4-3-5-11)14-9-12-6-1-2-7-13(12)10-14/h1-2,6-7,11,14-16H,3-5,8-10H2. The fourth-order valence-electron chi connectivity index (χ4n) is 3.13. The first-order valence-electron chi connectivity index (χ1n) is 6.58. The maximum Gasteiger partial charge on any atom is 0.0577 e. The van der Waals surface area contributed by atoms with Gasteiger partial charge in [0.1, 0.15) is 0 Å². The van der Waals surface area contributed by atoms with Gasteiger partial charge in [0.05, 0.1) is 6.10 Å². The first kappa shape index (κ1) is 10.3. The minimum absolute atomic E-state index is 0.0716. The molecule has 0 amide bonds. The molecule has 0 aliphatic heterocycles. The normalized spacial score (nSPS) is 22.8. The van der Waals surface area contributed by atoms with E-state index >= 15 is 0 Å². The molecular formula is C15H20O. The maximum atomic E-state index is 10.3. The Bertz CT molecular complexity index is 342. The molecule has 0 heterocycles. The largest absolute Gasteiger partial charge is 0.393 e. The zero-order valence-corrected chi connectivity index (χ0v) is 9.73. The average molecular weight is 216 g/mol. The van der Waals surface area contributed by atoms with E-state index in [2.05, 4.69) is 24.3 Å². The van der Waals surface area contributed by atoms with Gasteiger partial charge in [-0.15, -0.1) is 0 Å². The SMILES string of the molecule is OC(CC1CCC1)C1Cc2ccccc2C1. The molecule has 0 spiro atoms. The van der Waals surface area contributed by atoms with Crippen molar-refractivity contribution in [1.29, 1.82) is 0 Å². The lowest BCUT2D eigenvalue weighted by molar-refractivity contribution is 0.0693. The summed E-state index contributed by atoms with van der Waals surface area (Å²) in [6.07, 6.45) is 7.21. The predicted octanol–water partition coefficient (Wildman–Crippen LogP) is 2.95. The van der Waals surface area contributed by atoms with Gasteiger partial charge in [-0.2, -0.15) is 0 Å². The van der Waals surface area contributed by atoms with Crippen LogP contribution in [-0.4, -0.2) is 11.2 Å². The van der Waals surface area contributed by atoms with Crippen LogP contribution >= 0.6 is 0 Å². The third-order valence-electron chi connectivity index (χ3n) is 4.43. The van der Waals surface area contributed by atoms with Crippen molar-refractivity contribution in [2.75, 3.05) is 0 Å². The summed E-state index contributed by atoms with van der Waals surface area (Å²) in [6, 6.07) is 8.65. The van der Waals surface area contributed by atoms with E-state index < -0.39 is 0 Å². The van der Waals surface area contributed by atoms with Crippen LogP contribution in [0.1, 0.15) is 36.8 Å². The highest BCUT2D eigenvalue weighted by Crippen LogP contribution is 2.35. The van der Waals surface area contributed by atoms with Crippen LogP contribution in [0.25, 0.3) is 0 Å². The summed E-state index contributed by atoms with van der Waals surface area (Å²) in [6.45, 7) is 0. The van der Waals surface area contributed by atoms with Gasteiger partial charge in [-0.25, -0.2) is 0 Å². The van der Waals surface area contributed by atoms with E-state index in [4.69, 9.17) is 0 Å². The molecule has 0 bridgehead atoms. The van der Waals surface area contributed by atoms with Gasteiger partial charge in [-0.1, -0.05) is 43.5 Å². The zero-order chi connectivity index (χ0) is 11.0. The van der Waals surface area contributed by atoms with Crippen molar-refractivity contribution in [2.45, 2.75) is 44.6 Å². The number of rotatable bonds is 3. The van der Waals surface area contributed by atoms with E-state index in [9.17, 15) is 5.11 Å². The Balaban J connectivity index is 1.61. The van der Waals surface area contributed by atoms with Gasteiger partial charge in [0.15, 0.2) is 0 Å². The van der Waals surface area contributed by atoms with Crippen LogP contribution in [0, 0.1) is 11.8 Å². The second-order valence-electron chi connectivity index (χ2n) is 5.54. The first-order chi connectivity index (χ1) is 7.83. The monoisotopic (exact) mass is 216 g/mol. The van der Waals surface area contributed by atoms with Crippen LogP contribution < -0.4 is 0 Å². The van der Waals surface area contributed by atoms with Crippen molar-refractivity contribution in [3.8, 4) is 0 Å². The Hall–Kier alpha value is -0.820. The van der Waals surface area contributed by atoms with Crippen molar-refractivity contribution in [3.63, 3.8) is 0 Å². The topological polar surface area (TPSA) is 20.2 Å². The van der Waals surface area contributed by atoms with Crippen molar-refractivity contribution in [3.05, 3.63) is 35.4 Å². The molecule has 1 fully saturated rings. The number of hydrogen-bond acceptors (Lipinski definition) is 1. The van der Waals surface area contributed by atoms with Gasteiger partial charge in [-0.05, 0) is 42.2 Å². The number of benzene rings is 1. The highest BCUT2D eigenvalue weighted by atomic mass is 16.3. The van der Waals surface area contributed by atoms with Crippen molar-refractivity contribution >= 4 is 0 Å². The molecule has 16 heavy (non-hydrogen) atoms. The van der Waals surface area contributed by atoms with Crippen LogP contribution in [0.5, 0.6) is 0 Å². The quantitative estimate of drug-likeness (QED) is 0.823. The Morgan fingerprint density at radius 3 is 2.25 bits per heavy atom. The summed E-state index contributed by atoms with van der Waals surface area (Å²) in [5.41, 5.74) is 2.92. The summed E-state index contributed by atoms with van der Waals surface area (Å²) >= 11 is 0. The lowest BCUT2D eigenvalue weighted by atomic mass is 9.79. The Morgan fingerprint density at radius 1 is 1.12 bits per heavy atom. The van der Waals surface area contributed by atoms with Gasteiger partial charge in [0.2, 0.25) is 0 Å². The summed E-state index contributed by atoms with van der Waals surface area (Å²) in [5.74, 6) is 1.30. The molecule has 1 saturated carbocycles. The van der Waals surface area contributed by atoms with Gasteiger partial charge in [0.25, 0.3) is 0 Å². The molecule has 0 saturated heterocycles. The molecule has 1 nitrogen and oxygen atoms in total. The molecule has 2 aliphatic rings. The van der Waals surface area contributed by atoms with Crippen molar-refractivity contribution < 1.29 is 5.11 Å². The lowest BCUT2D eigenvalue weighted by Gasteiger charge is -2.29. The van der Waals surface area contributed by atoms with E-state index in [0.29, 0.717) is 5.92 Å². The zero-order valence-electron chi connectivity index (χ0n) is 9.73. The first-order valence-corrected chi connectivity index (χ1v) is 6.58. The predicted molar refractivity (Wildman–Crippen MR) is 65.3 cm³/mol. The molecule has 0 radical (unpaired) electrons. The minimum atomic E-state index is -0.0716. The second-order valence-corrected chi connectivity index (χ2v) is 5.54. The van der Waals surface area contributed by atoms with E-state index in [0.717, 1.165) is 25.2 Å². The molecule has 1 heteroatoms. The molecule has 0 aromatic heterocycles. The molecule has 3 rings (SSSR count). The summed E-state index contributed by atoms with van der Waals surface area (Å²) < 4.78 is 0. The summed E-state index contributed by atoms with van der Waals surface area (Å²) in [7, 11) is 0. The Morgan fingerprint density at radius 2 is 1.75 bits per heavy atom. The molecule has 86 valence electrons. The summed E-state index contributed by atoms with van der Waals surface area (Å²) in [4.78, 5) is 0. The summed E-state index contributed by atoms with van der Waals surface area (Å²) in [5, 5.41) is 10.3. The maximum absolute atomic E-state index is 10.3. The molecule has 1 aromatic rings. The van der Waals surface area contributed by atoms with Gasteiger partial charge < -0.3 is 5.11 Å². The third-order valence-corrected chi connectivity index (χ3v) is 4.43. The van der Waals surface area contributed by atoms with E-state index in [1.165, 1.54) is 30.4 Å². The number of aliphatic hydroxyl groups is 1. The van der Waals surface area contributed by atoms with Gasteiger partial charge in [0, 0.05) is 0 Å². The molecule has 1 unspecified atom stereocenters. The number of hydrogen-bond donors (Lipinski definition) is 1. The van der Waals surface area contributed by atoms with E-state index in [-0.39, 0.29) is 6.10 Å². The van der Waals surface area contributed by atoms with Crippen LogP contribution in [-0.2, 0) is 12.8 Å². The smallest absolute Gasteiger partial charge is 0.0577 e. The Labute approximate surface area is 97.5 Å². The van der Waals surface area contributed by atoms with Crippen molar-refractivity contribution in [2.24, 2.45) is 11.8 Å². The Kier molecular flexibility index (Phi) is 2.72. The number of fused-ring (bicyclic) bond motifs is 1. The van der Waals surface area contributed by atoms with Crippen LogP contribution in [0.2, 0.25) is 0 Å². The van der Waals surface area contributed by atoms with E-state index in [1.807, 2.05) is 0 Å². The third kappa shape index (κ3) is 1.89. The highest BCUT2D eigenvalue weighted by Gasteiger charge is 2.30. The fraction of sp³-hybridized carbons (Fsp3) is 0.600. The van der Waals surface area contributed by atoms with Gasteiger partial charge >= 0.3 is 0 Å².